The summed E-state index contributed by atoms with van der Waals surface area (Å²) in [6.45, 7) is 5.78. The highest BCUT2D eigenvalue weighted by Crippen LogP contribution is 2.33. The lowest BCUT2D eigenvalue weighted by molar-refractivity contribution is 0.112. The van der Waals surface area contributed by atoms with Crippen molar-refractivity contribution < 1.29 is 4.79 Å². The minimum Gasteiger partial charge on any atom is -0.356 e. The van der Waals surface area contributed by atoms with Gasteiger partial charge in [0.2, 0.25) is 0 Å². The van der Waals surface area contributed by atoms with E-state index in [1.807, 2.05) is 24.5 Å². The molecular formula is C17H20ClN3OS. The van der Waals surface area contributed by atoms with Crippen LogP contribution in [0.1, 0.15) is 30.6 Å². The quantitative estimate of drug-likeness (QED) is 0.416. The number of aromatic nitrogens is 2. The number of halogens is 1. The first-order valence-electron chi connectivity index (χ1n) is 7.57. The van der Waals surface area contributed by atoms with Gasteiger partial charge in [0.1, 0.15) is 5.82 Å². The molecule has 0 atom stereocenters. The summed E-state index contributed by atoms with van der Waals surface area (Å²) in [5.41, 5.74) is 1.84. The van der Waals surface area contributed by atoms with Crippen LogP contribution in [0.15, 0.2) is 29.4 Å². The summed E-state index contributed by atoms with van der Waals surface area (Å²) in [5.74, 6) is 0.679. The highest BCUT2D eigenvalue weighted by Gasteiger charge is 2.20. The molecule has 0 saturated heterocycles. The molecule has 0 aliphatic heterocycles. The van der Waals surface area contributed by atoms with E-state index in [2.05, 4.69) is 28.7 Å². The maximum atomic E-state index is 11.8. The standard InChI is InChI=1S/C17H20ClN3OS/c1-4-10-21(5-2)16-13(11-22)15(19-17(20-16)23-3)12-8-6-7-9-14(12)18/h6-9,11H,4-5,10H2,1-3H3. The molecule has 0 radical (unpaired) electrons. The number of benzene rings is 1. The van der Waals surface area contributed by atoms with Crippen LogP contribution in [0.2, 0.25) is 5.02 Å². The van der Waals surface area contributed by atoms with E-state index < -0.39 is 0 Å². The van der Waals surface area contributed by atoms with Crippen LogP contribution < -0.4 is 4.90 Å². The van der Waals surface area contributed by atoms with Gasteiger partial charge in [-0.1, -0.05) is 48.5 Å². The van der Waals surface area contributed by atoms with Gasteiger partial charge in [0.25, 0.3) is 0 Å². The molecule has 4 nitrogen and oxygen atoms in total. The Hall–Kier alpha value is -1.59. The van der Waals surface area contributed by atoms with Crippen molar-refractivity contribution in [3.05, 3.63) is 34.9 Å². The normalized spacial score (nSPS) is 10.6. The van der Waals surface area contributed by atoms with Gasteiger partial charge in [0.05, 0.1) is 11.3 Å². The number of hydrogen-bond acceptors (Lipinski definition) is 5. The molecule has 122 valence electrons. The molecule has 0 N–H and O–H groups in total. The zero-order valence-electron chi connectivity index (χ0n) is 13.5. The van der Waals surface area contributed by atoms with Crippen molar-refractivity contribution in [3.63, 3.8) is 0 Å². The second-order valence-electron chi connectivity index (χ2n) is 4.97. The zero-order valence-corrected chi connectivity index (χ0v) is 15.1. The first-order valence-corrected chi connectivity index (χ1v) is 9.17. The van der Waals surface area contributed by atoms with Crippen LogP contribution in [-0.4, -0.2) is 35.6 Å². The van der Waals surface area contributed by atoms with E-state index in [0.717, 1.165) is 31.4 Å². The second-order valence-corrected chi connectivity index (χ2v) is 6.15. The molecule has 23 heavy (non-hydrogen) atoms. The molecule has 0 bridgehead atoms. The molecule has 0 aliphatic carbocycles. The average molecular weight is 350 g/mol. The third-order valence-corrected chi connectivity index (χ3v) is 4.39. The van der Waals surface area contributed by atoms with Crippen LogP contribution >= 0.6 is 23.4 Å². The summed E-state index contributed by atoms with van der Waals surface area (Å²) < 4.78 is 0. The van der Waals surface area contributed by atoms with Crippen LogP contribution in [0.4, 0.5) is 5.82 Å². The third-order valence-electron chi connectivity index (χ3n) is 3.51. The molecule has 0 unspecified atom stereocenters. The minimum absolute atomic E-state index is 0.492. The van der Waals surface area contributed by atoms with Crippen molar-refractivity contribution in [3.8, 4) is 11.3 Å². The fraction of sp³-hybridized carbons (Fsp3) is 0.353. The Morgan fingerprint density at radius 3 is 2.57 bits per heavy atom. The molecule has 2 rings (SSSR count). The van der Waals surface area contributed by atoms with E-state index >= 15 is 0 Å². The van der Waals surface area contributed by atoms with E-state index in [1.54, 1.807) is 6.07 Å². The van der Waals surface area contributed by atoms with Gasteiger partial charge in [-0.15, -0.1) is 0 Å². The fourth-order valence-electron chi connectivity index (χ4n) is 2.42. The van der Waals surface area contributed by atoms with Gasteiger partial charge < -0.3 is 4.90 Å². The van der Waals surface area contributed by atoms with Crippen LogP contribution in [0.3, 0.4) is 0 Å². The Morgan fingerprint density at radius 1 is 1.26 bits per heavy atom. The number of carbonyl (C=O) groups excluding carboxylic acids is 1. The molecule has 0 saturated carbocycles. The number of aldehydes is 1. The van der Waals surface area contributed by atoms with Crippen molar-refractivity contribution in [1.82, 2.24) is 9.97 Å². The summed E-state index contributed by atoms with van der Waals surface area (Å²) in [5, 5.41) is 1.21. The lowest BCUT2D eigenvalue weighted by atomic mass is 10.1. The summed E-state index contributed by atoms with van der Waals surface area (Å²) in [6, 6.07) is 7.43. The van der Waals surface area contributed by atoms with Gasteiger partial charge in [0, 0.05) is 23.7 Å². The molecule has 1 aromatic carbocycles. The van der Waals surface area contributed by atoms with Crippen molar-refractivity contribution in [2.24, 2.45) is 0 Å². The molecule has 1 aromatic heterocycles. The Bertz CT molecular complexity index is 694. The highest BCUT2D eigenvalue weighted by molar-refractivity contribution is 7.98. The third kappa shape index (κ3) is 3.85. The molecule has 0 fully saturated rings. The van der Waals surface area contributed by atoms with Crippen LogP contribution in [-0.2, 0) is 0 Å². The van der Waals surface area contributed by atoms with Crippen molar-refractivity contribution in [1.29, 1.82) is 0 Å². The summed E-state index contributed by atoms with van der Waals surface area (Å²) >= 11 is 7.77. The maximum absolute atomic E-state index is 11.8. The molecule has 1 heterocycles. The van der Waals surface area contributed by atoms with Gasteiger partial charge >= 0.3 is 0 Å². The maximum Gasteiger partial charge on any atom is 0.189 e. The lowest BCUT2D eigenvalue weighted by Crippen LogP contribution is -2.26. The highest BCUT2D eigenvalue weighted by atomic mass is 35.5. The van der Waals surface area contributed by atoms with Gasteiger partial charge in [-0.25, -0.2) is 9.97 Å². The largest absolute Gasteiger partial charge is 0.356 e. The van der Waals surface area contributed by atoms with E-state index in [-0.39, 0.29) is 0 Å². The van der Waals surface area contributed by atoms with E-state index in [4.69, 9.17) is 11.6 Å². The lowest BCUT2D eigenvalue weighted by Gasteiger charge is -2.24. The molecule has 0 amide bonds. The van der Waals surface area contributed by atoms with Crippen LogP contribution in [0.25, 0.3) is 11.3 Å². The van der Waals surface area contributed by atoms with Crippen molar-refractivity contribution in [2.45, 2.75) is 25.4 Å². The fourth-order valence-corrected chi connectivity index (χ4v) is 3.01. The van der Waals surface area contributed by atoms with Crippen LogP contribution in [0, 0.1) is 0 Å². The van der Waals surface area contributed by atoms with E-state index in [9.17, 15) is 4.79 Å². The van der Waals surface area contributed by atoms with Crippen molar-refractivity contribution >= 4 is 35.5 Å². The Kier molecular flexibility index (Phi) is 6.42. The molecule has 6 heteroatoms. The summed E-state index contributed by atoms with van der Waals surface area (Å²) in [4.78, 5) is 23.0. The first-order chi connectivity index (χ1) is 11.2. The van der Waals surface area contributed by atoms with E-state index in [1.165, 1.54) is 11.8 Å². The van der Waals surface area contributed by atoms with E-state index in [0.29, 0.717) is 27.3 Å². The second kappa shape index (κ2) is 8.31. The summed E-state index contributed by atoms with van der Waals surface area (Å²) in [7, 11) is 0. The number of hydrogen-bond donors (Lipinski definition) is 0. The Balaban J connectivity index is 2.71. The monoisotopic (exact) mass is 349 g/mol. The number of nitrogens with zero attached hydrogens (tertiary/aromatic N) is 3. The van der Waals surface area contributed by atoms with Gasteiger partial charge in [-0.05, 0) is 25.7 Å². The van der Waals surface area contributed by atoms with Gasteiger partial charge in [0.15, 0.2) is 11.4 Å². The molecule has 0 spiro atoms. The topological polar surface area (TPSA) is 46.1 Å². The van der Waals surface area contributed by atoms with Crippen molar-refractivity contribution in [2.75, 3.05) is 24.2 Å². The first kappa shape index (κ1) is 17.8. The Labute approximate surface area is 146 Å². The molecular weight excluding hydrogens is 330 g/mol. The smallest absolute Gasteiger partial charge is 0.189 e. The van der Waals surface area contributed by atoms with Gasteiger partial charge in [-0.2, -0.15) is 0 Å². The number of thioether (sulfide) groups is 1. The number of anilines is 1. The number of rotatable bonds is 7. The summed E-state index contributed by atoms with van der Waals surface area (Å²) in [6.07, 6.45) is 3.73. The number of carbonyl (C=O) groups is 1. The molecule has 2 aromatic rings. The zero-order chi connectivity index (χ0) is 16.8. The average Bonchev–Trinajstić information content (AvgIpc) is 2.59. The predicted octanol–water partition coefficient (Wildman–Crippen LogP) is 4.57. The molecule has 0 aliphatic rings. The SMILES string of the molecule is CCCN(CC)c1nc(SC)nc(-c2ccccc2Cl)c1C=O. The Morgan fingerprint density at radius 2 is 2.00 bits per heavy atom. The predicted molar refractivity (Wildman–Crippen MR) is 97.8 cm³/mol. The van der Waals surface area contributed by atoms with Gasteiger partial charge in [-0.3, -0.25) is 4.79 Å². The van der Waals surface area contributed by atoms with Crippen LogP contribution in [0.5, 0.6) is 0 Å². The minimum atomic E-state index is 0.492.